The summed E-state index contributed by atoms with van der Waals surface area (Å²) in [6, 6.07) is 18.3. The quantitative estimate of drug-likeness (QED) is 0.337. The molecule has 3 aromatic rings. The molecule has 0 aromatic heterocycles. The van der Waals surface area contributed by atoms with E-state index in [4.69, 9.17) is 4.99 Å². The molecule has 1 heterocycles. The van der Waals surface area contributed by atoms with Gasteiger partial charge in [0.05, 0.1) is 11.4 Å². The van der Waals surface area contributed by atoms with E-state index in [1.807, 2.05) is 0 Å². The minimum absolute atomic E-state index is 0.264. The monoisotopic (exact) mass is 383 g/mol. The molecule has 0 fully saturated rings. The highest BCUT2D eigenvalue weighted by Crippen LogP contribution is 2.40. The van der Waals surface area contributed by atoms with Crippen molar-refractivity contribution in [3.05, 3.63) is 76.3 Å². The van der Waals surface area contributed by atoms with Gasteiger partial charge in [0, 0.05) is 16.5 Å². The number of benzene rings is 3. The van der Waals surface area contributed by atoms with E-state index in [1.165, 1.54) is 38.6 Å². The van der Waals surface area contributed by atoms with Crippen molar-refractivity contribution in [3.63, 3.8) is 0 Å². The molecule has 0 atom stereocenters. The number of rotatable bonds is 4. The molecule has 0 radical (unpaired) electrons. The lowest BCUT2D eigenvalue weighted by Gasteiger charge is -2.20. The van der Waals surface area contributed by atoms with Crippen LogP contribution in [-0.4, -0.2) is 5.71 Å². The predicted molar refractivity (Wildman–Crippen MR) is 127 cm³/mol. The van der Waals surface area contributed by atoms with Crippen molar-refractivity contribution in [2.24, 2.45) is 10.4 Å². The maximum Gasteiger partial charge on any atom is 0.0789 e. The van der Waals surface area contributed by atoms with Gasteiger partial charge in [-0.3, -0.25) is 0 Å². The molecule has 0 saturated carbocycles. The highest BCUT2D eigenvalue weighted by Gasteiger charge is 2.23. The summed E-state index contributed by atoms with van der Waals surface area (Å²) < 4.78 is 0. The molecule has 0 amide bonds. The number of hydrogen-bond acceptors (Lipinski definition) is 1. The molecule has 0 N–H and O–H groups in total. The maximum absolute atomic E-state index is 5.12. The molecule has 1 aliphatic heterocycles. The molecule has 0 unspecified atom stereocenters. The van der Waals surface area contributed by atoms with E-state index >= 15 is 0 Å². The van der Waals surface area contributed by atoms with Crippen LogP contribution in [0.2, 0.25) is 0 Å². The van der Waals surface area contributed by atoms with E-state index in [2.05, 4.69) is 97.0 Å². The van der Waals surface area contributed by atoms with E-state index in [0.717, 1.165) is 17.8 Å². The SMILES string of the molecule is CC(C)c1cc(C2=Nc3ccc(CC(C)(C)C)c4cccc2c34)cc(C(C)C)c1. The number of hydrogen-bond donors (Lipinski definition) is 0. The fourth-order valence-corrected chi connectivity index (χ4v) is 4.35. The Morgan fingerprint density at radius 2 is 1.48 bits per heavy atom. The lowest BCUT2D eigenvalue weighted by atomic mass is 9.85. The van der Waals surface area contributed by atoms with Crippen molar-refractivity contribution in [1.29, 1.82) is 0 Å². The summed E-state index contributed by atoms with van der Waals surface area (Å²) in [6.45, 7) is 16.0. The Hall–Kier alpha value is -2.41. The molecular formula is C28H33N. The zero-order chi connectivity index (χ0) is 20.9. The zero-order valence-electron chi connectivity index (χ0n) is 18.9. The molecule has 29 heavy (non-hydrogen) atoms. The van der Waals surface area contributed by atoms with Gasteiger partial charge in [0.2, 0.25) is 0 Å². The van der Waals surface area contributed by atoms with Crippen LogP contribution in [-0.2, 0) is 6.42 Å². The molecule has 0 spiro atoms. The molecule has 4 rings (SSSR count). The minimum Gasteiger partial charge on any atom is -0.247 e. The summed E-state index contributed by atoms with van der Waals surface area (Å²) in [6.07, 6.45) is 1.07. The van der Waals surface area contributed by atoms with Gasteiger partial charge in [-0.25, -0.2) is 4.99 Å². The van der Waals surface area contributed by atoms with Gasteiger partial charge in [-0.15, -0.1) is 0 Å². The van der Waals surface area contributed by atoms with Crippen LogP contribution in [0.3, 0.4) is 0 Å². The summed E-state index contributed by atoms with van der Waals surface area (Å²) in [5.74, 6) is 1.01. The third-order valence-electron chi connectivity index (χ3n) is 5.90. The Balaban J connectivity index is 1.88. The zero-order valence-corrected chi connectivity index (χ0v) is 18.9. The average Bonchev–Trinajstić information content (AvgIpc) is 3.03. The van der Waals surface area contributed by atoms with Crippen molar-refractivity contribution in [1.82, 2.24) is 0 Å². The Morgan fingerprint density at radius 3 is 2.07 bits per heavy atom. The normalized spacial score (nSPS) is 13.6. The maximum atomic E-state index is 5.12. The van der Waals surface area contributed by atoms with E-state index in [1.54, 1.807) is 0 Å². The van der Waals surface area contributed by atoms with Crippen LogP contribution in [0.1, 0.15) is 88.1 Å². The molecule has 0 saturated heterocycles. The molecule has 1 heteroatoms. The first-order valence-corrected chi connectivity index (χ1v) is 10.9. The van der Waals surface area contributed by atoms with Crippen LogP contribution in [0.4, 0.5) is 5.69 Å². The van der Waals surface area contributed by atoms with E-state index in [9.17, 15) is 0 Å². The first-order valence-electron chi connectivity index (χ1n) is 10.9. The van der Waals surface area contributed by atoms with Crippen molar-refractivity contribution in [2.45, 2.75) is 66.7 Å². The van der Waals surface area contributed by atoms with Gasteiger partial charge in [0.15, 0.2) is 0 Å². The van der Waals surface area contributed by atoms with Crippen molar-refractivity contribution >= 4 is 22.2 Å². The Labute approximate surface area is 175 Å². The molecule has 0 aliphatic carbocycles. The topological polar surface area (TPSA) is 12.4 Å². The lowest BCUT2D eigenvalue weighted by Crippen LogP contribution is -2.09. The first-order chi connectivity index (χ1) is 13.6. The predicted octanol–water partition coefficient (Wildman–Crippen LogP) is 8.16. The number of nitrogens with zero attached hydrogens (tertiary/aromatic N) is 1. The fourth-order valence-electron chi connectivity index (χ4n) is 4.35. The van der Waals surface area contributed by atoms with Crippen molar-refractivity contribution < 1.29 is 0 Å². The molecule has 150 valence electrons. The third kappa shape index (κ3) is 3.75. The first kappa shape index (κ1) is 19.9. The fraction of sp³-hybridized carbons (Fsp3) is 0.393. The highest BCUT2D eigenvalue weighted by atomic mass is 14.8. The second-order valence-electron chi connectivity index (χ2n) is 10.4. The summed E-state index contributed by atoms with van der Waals surface area (Å²) in [5.41, 5.74) is 9.25. The van der Waals surface area contributed by atoms with Gasteiger partial charge < -0.3 is 0 Å². The minimum atomic E-state index is 0.264. The van der Waals surface area contributed by atoms with Crippen LogP contribution >= 0.6 is 0 Å². The Kier molecular flexibility index (Phi) is 4.89. The van der Waals surface area contributed by atoms with Crippen molar-refractivity contribution in [3.8, 4) is 0 Å². The van der Waals surface area contributed by atoms with Crippen molar-refractivity contribution in [2.75, 3.05) is 0 Å². The van der Waals surface area contributed by atoms with Gasteiger partial charge in [-0.1, -0.05) is 78.8 Å². The van der Waals surface area contributed by atoms with Crippen LogP contribution in [0.15, 0.2) is 53.5 Å². The van der Waals surface area contributed by atoms with Gasteiger partial charge in [0.1, 0.15) is 0 Å². The second-order valence-corrected chi connectivity index (χ2v) is 10.4. The molecule has 3 aromatic carbocycles. The van der Waals surface area contributed by atoms with Gasteiger partial charge >= 0.3 is 0 Å². The van der Waals surface area contributed by atoms with Gasteiger partial charge in [0.25, 0.3) is 0 Å². The Bertz CT molecular complexity index is 1080. The van der Waals surface area contributed by atoms with E-state index in [-0.39, 0.29) is 5.41 Å². The molecule has 1 nitrogen and oxygen atoms in total. The van der Waals surface area contributed by atoms with Crippen LogP contribution < -0.4 is 0 Å². The highest BCUT2D eigenvalue weighted by molar-refractivity contribution is 6.26. The van der Waals surface area contributed by atoms with Gasteiger partial charge in [-0.2, -0.15) is 0 Å². The molecular weight excluding hydrogens is 350 g/mol. The largest absolute Gasteiger partial charge is 0.247 e. The smallest absolute Gasteiger partial charge is 0.0789 e. The summed E-state index contributed by atoms with van der Waals surface area (Å²) >= 11 is 0. The molecule has 0 bridgehead atoms. The van der Waals surface area contributed by atoms with Gasteiger partial charge in [-0.05, 0) is 63.9 Å². The summed E-state index contributed by atoms with van der Waals surface area (Å²) in [4.78, 5) is 5.12. The summed E-state index contributed by atoms with van der Waals surface area (Å²) in [5, 5.41) is 2.68. The number of aliphatic imine (C=N–C) groups is 1. The van der Waals surface area contributed by atoms with E-state index in [0.29, 0.717) is 11.8 Å². The van der Waals surface area contributed by atoms with E-state index < -0.39 is 0 Å². The average molecular weight is 384 g/mol. The third-order valence-corrected chi connectivity index (χ3v) is 5.90. The van der Waals surface area contributed by atoms with Crippen LogP contribution in [0, 0.1) is 5.41 Å². The summed E-state index contributed by atoms with van der Waals surface area (Å²) in [7, 11) is 0. The standard InChI is InChI=1S/C28H33N/c1-17(2)20-13-21(18(3)4)15-22(14-20)27-24-10-8-9-23-19(16-28(5,6)7)11-12-25(29-27)26(23)24/h8-15,17-18H,16H2,1-7H3. The van der Waals surface area contributed by atoms with Crippen LogP contribution in [0.25, 0.3) is 10.8 Å². The lowest BCUT2D eigenvalue weighted by molar-refractivity contribution is 0.412. The molecule has 1 aliphatic rings. The second kappa shape index (κ2) is 7.13. The van der Waals surface area contributed by atoms with Crippen LogP contribution in [0.5, 0.6) is 0 Å². The Morgan fingerprint density at radius 1 is 0.828 bits per heavy atom.